The summed E-state index contributed by atoms with van der Waals surface area (Å²) in [5.41, 5.74) is 0.899. The molecule has 18 heavy (non-hydrogen) atoms. The summed E-state index contributed by atoms with van der Waals surface area (Å²) in [5, 5.41) is 11.1. The summed E-state index contributed by atoms with van der Waals surface area (Å²) in [6.45, 7) is 1.70. The van der Waals surface area contributed by atoms with Crippen molar-refractivity contribution in [1.82, 2.24) is 0 Å². The zero-order chi connectivity index (χ0) is 13.5. The molecule has 0 aliphatic rings. The van der Waals surface area contributed by atoms with E-state index in [0.29, 0.717) is 6.42 Å². The van der Waals surface area contributed by atoms with Gasteiger partial charge >= 0.3 is 5.97 Å². The molecule has 2 atom stereocenters. The lowest BCUT2D eigenvalue weighted by Gasteiger charge is -2.16. The van der Waals surface area contributed by atoms with Gasteiger partial charge in [0.1, 0.15) is 0 Å². The van der Waals surface area contributed by atoms with Gasteiger partial charge in [-0.05, 0) is 5.56 Å². The lowest BCUT2D eigenvalue weighted by atomic mass is 9.93. The second-order valence-electron chi connectivity index (χ2n) is 4.30. The minimum atomic E-state index is -0.772. The molecule has 98 valence electrons. The molecule has 1 aromatic rings. The van der Waals surface area contributed by atoms with Crippen molar-refractivity contribution >= 4 is 5.97 Å². The molecule has 0 spiro atoms. The highest BCUT2D eigenvalue weighted by Crippen LogP contribution is 2.17. The van der Waals surface area contributed by atoms with Crippen LogP contribution < -0.4 is 0 Å². The molecule has 5 nitrogen and oxygen atoms in total. The Morgan fingerprint density at radius 2 is 2.00 bits per heavy atom. The fourth-order valence-corrected chi connectivity index (χ4v) is 1.82. The third-order valence-corrected chi connectivity index (χ3v) is 2.93. The van der Waals surface area contributed by atoms with E-state index in [2.05, 4.69) is 4.74 Å². The van der Waals surface area contributed by atoms with E-state index in [1.54, 1.807) is 6.92 Å². The molecule has 0 unspecified atom stereocenters. The maximum atomic E-state index is 11.2. The van der Waals surface area contributed by atoms with Gasteiger partial charge in [-0.3, -0.25) is 14.9 Å². The van der Waals surface area contributed by atoms with Crippen LogP contribution in [0.1, 0.15) is 18.9 Å². The predicted octanol–water partition coefficient (Wildman–Crippen LogP) is 2.07. The molecule has 1 aromatic carbocycles. The van der Waals surface area contributed by atoms with Gasteiger partial charge in [-0.25, -0.2) is 0 Å². The van der Waals surface area contributed by atoms with Gasteiger partial charge in [-0.2, -0.15) is 0 Å². The fraction of sp³-hybridized carbons (Fsp3) is 0.462. The zero-order valence-corrected chi connectivity index (χ0v) is 10.5. The summed E-state index contributed by atoms with van der Waals surface area (Å²) in [7, 11) is 1.29. The number of hydrogen-bond donors (Lipinski definition) is 0. The molecule has 0 saturated heterocycles. The normalized spacial score (nSPS) is 13.7. The molecule has 0 fully saturated rings. The molecule has 0 saturated carbocycles. The molecule has 0 amide bonds. The average molecular weight is 251 g/mol. The Labute approximate surface area is 106 Å². The van der Waals surface area contributed by atoms with Crippen LogP contribution in [0.25, 0.3) is 0 Å². The Morgan fingerprint density at radius 1 is 1.39 bits per heavy atom. The highest BCUT2D eigenvalue weighted by atomic mass is 16.6. The molecule has 0 aromatic heterocycles. The van der Waals surface area contributed by atoms with Crippen LogP contribution in [-0.4, -0.2) is 24.0 Å². The monoisotopic (exact) mass is 251 g/mol. The van der Waals surface area contributed by atoms with Gasteiger partial charge in [0.15, 0.2) is 0 Å². The Bertz CT molecular complexity index is 405. The number of methoxy groups -OCH3 is 1. The smallest absolute Gasteiger partial charge is 0.306 e. The van der Waals surface area contributed by atoms with Crippen molar-refractivity contribution in [3.05, 3.63) is 46.0 Å². The van der Waals surface area contributed by atoms with E-state index < -0.39 is 12.0 Å². The molecular formula is C13H17NO4. The lowest BCUT2D eigenvalue weighted by Crippen LogP contribution is -2.31. The molecule has 0 aliphatic heterocycles. The maximum Gasteiger partial charge on any atom is 0.306 e. The van der Waals surface area contributed by atoms with Gasteiger partial charge in [0.25, 0.3) is 0 Å². The zero-order valence-electron chi connectivity index (χ0n) is 10.5. The summed E-state index contributed by atoms with van der Waals surface area (Å²) in [4.78, 5) is 21.9. The quantitative estimate of drug-likeness (QED) is 0.441. The van der Waals surface area contributed by atoms with Gasteiger partial charge in [0, 0.05) is 17.3 Å². The fourth-order valence-electron chi connectivity index (χ4n) is 1.82. The summed E-state index contributed by atoms with van der Waals surface area (Å²) < 4.78 is 4.54. The SMILES string of the molecule is COC(=O)C[C@H](C)[C@@H](Cc1ccccc1)[N+](=O)[O-]. The first-order valence-electron chi connectivity index (χ1n) is 5.78. The van der Waals surface area contributed by atoms with Crippen molar-refractivity contribution in [3.8, 4) is 0 Å². The molecule has 0 radical (unpaired) electrons. The maximum absolute atomic E-state index is 11.2. The first-order valence-corrected chi connectivity index (χ1v) is 5.78. The number of esters is 1. The second-order valence-corrected chi connectivity index (χ2v) is 4.30. The van der Waals surface area contributed by atoms with E-state index in [1.807, 2.05) is 30.3 Å². The van der Waals surface area contributed by atoms with Crippen LogP contribution in [0.3, 0.4) is 0 Å². The van der Waals surface area contributed by atoms with Gasteiger partial charge in [0.2, 0.25) is 6.04 Å². The van der Waals surface area contributed by atoms with E-state index >= 15 is 0 Å². The number of carbonyl (C=O) groups is 1. The van der Waals surface area contributed by atoms with Gasteiger partial charge in [-0.15, -0.1) is 0 Å². The number of nitro groups is 1. The van der Waals surface area contributed by atoms with E-state index in [4.69, 9.17) is 0 Å². The van der Waals surface area contributed by atoms with E-state index in [1.165, 1.54) is 7.11 Å². The van der Waals surface area contributed by atoms with Crippen LogP contribution in [0.4, 0.5) is 0 Å². The summed E-state index contributed by atoms with van der Waals surface area (Å²) in [5.74, 6) is -0.768. The lowest BCUT2D eigenvalue weighted by molar-refractivity contribution is -0.531. The average Bonchev–Trinajstić information content (AvgIpc) is 2.36. The highest BCUT2D eigenvalue weighted by molar-refractivity contribution is 5.69. The van der Waals surface area contributed by atoms with Crippen LogP contribution in [0.2, 0.25) is 0 Å². The van der Waals surface area contributed by atoms with Crippen LogP contribution in [0.5, 0.6) is 0 Å². The molecule has 0 heterocycles. The first-order chi connectivity index (χ1) is 8.54. The largest absolute Gasteiger partial charge is 0.469 e. The van der Waals surface area contributed by atoms with Crippen molar-refractivity contribution in [1.29, 1.82) is 0 Å². The third-order valence-electron chi connectivity index (χ3n) is 2.93. The number of hydrogen-bond acceptors (Lipinski definition) is 4. The number of ether oxygens (including phenoxy) is 1. The number of nitrogens with zero attached hydrogens (tertiary/aromatic N) is 1. The van der Waals surface area contributed by atoms with Crippen molar-refractivity contribution in [2.45, 2.75) is 25.8 Å². The Balaban J connectivity index is 2.71. The summed E-state index contributed by atoms with van der Waals surface area (Å²) in [6.07, 6.45) is 0.390. The topological polar surface area (TPSA) is 69.4 Å². The second kappa shape index (κ2) is 6.74. The van der Waals surface area contributed by atoms with Gasteiger partial charge in [0.05, 0.1) is 13.5 Å². The minimum Gasteiger partial charge on any atom is -0.469 e. The van der Waals surface area contributed by atoms with E-state index in [9.17, 15) is 14.9 Å². The van der Waals surface area contributed by atoms with Crippen molar-refractivity contribution in [2.24, 2.45) is 5.92 Å². The number of carbonyl (C=O) groups excluding carboxylic acids is 1. The van der Waals surface area contributed by atoms with Crippen molar-refractivity contribution < 1.29 is 14.5 Å². The summed E-state index contributed by atoms with van der Waals surface area (Å²) in [6, 6.07) is 8.48. The highest BCUT2D eigenvalue weighted by Gasteiger charge is 2.30. The van der Waals surface area contributed by atoms with Crippen molar-refractivity contribution in [3.63, 3.8) is 0 Å². The van der Waals surface area contributed by atoms with E-state index in [-0.39, 0.29) is 17.3 Å². The van der Waals surface area contributed by atoms with Crippen molar-refractivity contribution in [2.75, 3.05) is 7.11 Å². The first kappa shape index (κ1) is 14.2. The minimum absolute atomic E-state index is 0.0645. The Morgan fingerprint density at radius 3 is 2.50 bits per heavy atom. The van der Waals surface area contributed by atoms with Crippen LogP contribution in [0.15, 0.2) is 30.3 Å². The molecule has 0 N–H and O–H groups in total. The molecule has 5 heteroatoms. The Kier molecular flexibility index (Phi) is 5.30. The van der Waals surface area contributed by atoms with Gasteiger partial charge < -0.3 is 4.74 Å². The standard InChI is InChI=1S/C13H17NO4/c1-10(8-13(15)18-2)12(14(16)17)9-11-6-4-3-5-7-11/h3-7,10,12H,8-9H2,1-2H3/t10-,12+/m0/s1. The number of benzene rings is 1. The van der Waals surface area contributed by atoms with E-state index in [0.717, 1.165) is 5.56 Å². The third kappa shape index (κ3) is 4.16. The van der Waals surface area contributed by atoms with Crippen LogP contribution in [-0.2, 0) is 16.0 Å². The Hall–Kier alpha value is -1.91. The molecule has 1 rings (SSSR count). The molecule has 0 bridgehead atoms. The van der Waals surface area contributed by atoms with Crippen LogP contribution >= 0.6 is 0 Å². The predicted molar refractivity (Wildman–Crippen MR) is 66.7 cm³/mol. The number of rotatable bonds is 6. The van der Waals surface area contributed by atoms with Gasteiger partial charge in [-0.1, -0.05) is 37.3 Å². The molecule has 0 aliphatic carbocycles. The summed E-state index contributed by atoms with van der Waals surface area (Å²) >= 11 is 0. The van der Waals surface area contributed by atoms with Crippen LogP contribution in [0, 0.1) is 16.0 Å². The molecular weight excluding hydrogens is 234 g/mol.